The van der Waals surface area contributed by atoms with Gasteiger partial charge in [0.25, 0.3) is 0 Å². The fraction of sp³-hybridized carbons (Fsp3) is 0.412. The Morgan fingerprint density at radius 1 is 1.07 bits per heavy atom. The monoisotopic (exact) mass is 582 g/mol. The maximum Gasteiger partial charge on any atom is 0.339 e. The third-order valence-corrected chi connectivity index (χ3v) is 9.85. The molecule has 4 aromatic rings. The quantitative estimate of drug-likeness (QED) is 0.229. The number of pyridine rings is 1. The highest BCUT2D eigenvalue weighted by Crippen LogP contribution is 2.38. The van der Waals surface area contributed by atoms with Gasteiger partial charge in [0, 0.05) is 23.9 Å². The summed E-state index contributed by atoms with van der Waals surface area (Å²) in [4.78, 5) is 33.5. The van der Waals surface area contributed by atoms with Crippen LogP contribution >= 0.6 is 11.3 Å². The summed E-state index contributed by atoms with van der Waals surface area (Å²) in [5.41, 5.74) is 5.71. The Bertz CT molecular complexity index is 1590. The highest BCUT2D eigenvalue weighted by atomic mass is 32.1. The first-order valence-electron chi connectivity index (χ1n) is 15.1. The molecular formula is C34H38N4O3S. The van der Waals surface area contributed by atoms with E-state index in [2.05, 4.69) is 54.2 Å². The van der Waals surface area contributed by atoms with Gasteiger partial charge in [-0.1, -0.05) is 44.2 Å². The number of hydrogen-bond donors (Lipinski definition) is 1. The first kappa shape index (κ1) is 28.3. The summed E-state index contributed by atoms with van der Waals surface area (Å²) in [5.74, 6) is 1.17. The van der Waals surface area contributed by atoms with Crippen molar-refractivity contribution in [2.75, 3.05) is 13.1 Å². The van der Waals surface area contributed by atoms with Gasteiger partial charge < -0.3 is 10.0 Å². The number of likely N-dealkylation sites (tertiary alicyclic amines) is 1. The van der Waals surface area contributed by atoms with Gasteiger partial charge in [-0.3, -0.25) is 4.79 Å². The molecule has 42 heavy (non-hydrogen) atoms. The second-order valence-corrected chi connectivity index (χ2v) is 13.1. The number of aryl methyl sites for hydroxylation is 1. The van der Waals surface area contributed by atoms with E-state index in [1.165, 1.54) is 27.8 Å². The van der Waals surface area contributed by atoms with Crippen molar-refractivity contribution in [1.29, 1.82) is 0 Å². The maximum atomic E-state index is 12.4. The number of carboxylic acids is 1. The van der Waals surface area contributed by atoms with E-state index in [1.807, 2.05) is 25.1 Å². The Morgan fingerprint density at radius 2 is 1.81 bits per heavy atom. The molecule has 1 amide bonds. The van der Waals surface area contributed by atoms with E-state index >= 15 is 0 Å². The number of carbonyl (C=O) groups excluding carboxylic acids is 1. The highest BCUT2D eigenvalue weighted by Gasteiger charge is 2.35. The van der Waals surface area contributed by atoms with Gasteiger partial charge >= 0.3 is 5.97 Å². The molecule has 4 heterocycles. The Balaban J connectivity index is 1.16. The Morgan fingerprint density at radius 3 is 2.48 bits per heavy atom. The van der Waals surface area contributed by atoms with Crippen molar-refractivity contribution < 1.29 is 14.7 Å². The first-order chi connectivity index (χ1) is 20.3. The zero-order valence-corrected chi connectivity index (χ0v) is 25.4. The molecule has 1 aliphatic carbocycles. The molecule has 1 aliphatic heterocycles. The highest BCUT2D eigenvalue weighted by molar-refractivity contribution is 7.15. The summed E-state index contributed by atoms with van der Waals surface area (Å²) < 4.78 is 1.65. The predicted octanol–water partition coefficient (Wildman–Crippen LogP) is 7.03. The zero-order chi connectivity index (χ0) is 29.4. The van der Waals surface area contributed by atoms with E-state index in [9.17, 15) is 14.7 Å². The van der Waals surface area contributed by atoms with Crippen LogP contribution in [-0.4, -0.2) is 49.7 Å². The minimum absolute atomic E-state index is 0.214. The molecule has 1 saturated heterocycles. The summed E-state index contributed by atoms with van der Waals surface area (Å²) in [7, 11) is 0. The number of nitrogens with zero attached hydrogens (tertiary/aromatic N) is 4. The summed E-state index contributed by atoms with van der Waals surface area (Å²) in [6.07, 6.45) is 7.14. The summed E-state index contributed by atoms with van der Waals surface area (Å²) in [6.45, 7) is 8.11. The maximum absolute atomic E-state index is 12.4. The van der Waals surface area contributed by atoms with Crippen molar-refractivity contribution in [3.8, 4) is 16.4 Å². The molecular weight excluding hydrogens is 544 g/mol. The van der Waals surface area contributed by atoms with E-state index in [0.29, 0.717) is 41.6 Å². The number of hydrogen-bond acceptors (Lipinski definition) is 5. The molecule has 2 fully saturated rings. The van der Waals surface area contributed by atoms with Crippen molar-refractivity contribution in [1.82, 2.24) is 19.7 Å². The van der Waals surface area contributed by atoms with Gasteiger partial charge in [-0.05, 0) is 92.2 Å². The van der Waals surface area contributed by atoms with Crippen LogP contribution in [0.5, 0.6) is 0 Å². The minimum Gasteiger partial charge on any atom is -0.478 e. The Labute approximate surface area is 251 Å². The predicted molar refractivity (Wildman–Crippen MR) is 166 cm³/mol. The lowest BCUT2D eigenvalue weighted by Crippen LogP contribution is -2.38. The molecule has 3 aromatic heterocycles. The van der Waals surface area contributed by atoms with Gasteiger partial charge in [-0.15, -0.1) is 11.3 Å². The molecule has 6 rings (SSSR count). The normalized spacial score (nSPS) is 16.5. The van der Waals surface area contributed by atoms with E-state index in [1.54, 1.807) is 16.0 Å². The first-order valence-corrected chi connectivity index (χ1v) is 15.9. The van der Waals surface area contributed by atoms with Crippen LogP contribution in [0, 0.1) is 12.8 Å². The molecule has 8 heteroatoms. The van der Waals surface area contributed by atoms with E-state index in [-0.39, 0.29) is 5.56 Å². The van der Waals surface area contributed by atoms with Gasteiger partial charge in [-0.25, -0.2) is 14.5 Å². The van der Waals surface area contributed by atoms with E-state index in [4.69, 9.17) is 4.98 Å². The van der Waals surface area contributed by atoms with Gasteiger partial charge in [0.05, 0.1) is 22.5 Å². The summed E-state index contributed by atoms with van der Waals surface area (Å²) in [5, 5.41) is 13.9. The van der Waals surface area contributed by atoms with Gasteiger partial charge in [0.2, 0.25) is 5.91 Å². The van der Waals surface area contributed by atoms with Crippen LogP contribution in [0.1, 0.15) is 89.0 Å². The number of aromatic nitrogens is 3. The lowest BCUT2D eigenvalue weighted by Gasteiger charge is -2.32. The van der Waals surface area contributed by atoms with Crippen LogP contribution in [0.3, 0.4) is 0 Å². The number of piperidine rings is 1. The number of carbonyl (C=O) groups is 2. The smallest absolute Gasteiger partial charge is 0.339 e. The molecule has 0 spiro atoms. The number of benzene rings is 1. The number of thiophene rings is 1. The van der Waals surface area contributed by atoms with Crippen LogP contribution in [0.25, 0.3) is 16.4 Å². The Hall–Kier alpha value is -3.78. The lowest BCUT2D eigenvalue weighted by molar-refractivity contribution is -0.133. The molecule has 0 radical (unpaired) electrons. The molecule has 1 unspecified atom stereocenters. The van der Waals surface area contributed by atoms with Crippen LogP contribution in [0.15, 0.2) is 54.7 Å². The number of amides is 1. The molecule has 0 bridgehead atoms. The van der Waals surface area contributed by atoms with E-state index < -0.39 is 5.97 Å². The second kappa shape index (κ2) is 11.8. The average Bonchev–Trinajstić information content (AvgIpc) is 3.64. The zero-order valence-electron chi connectivity index (χ0n) is 24.5. The molecule has 1 aromatic carbocycles. The van der Waals surface area contributed by atoms with Crippen molar-refractivity contribution in [3.63, 3.8) is 0 Å². The number of carboxylic acid groups (broad SMARTS) is 1. The average molecular weight is 583 g/mol. The van der Waals surface area contributed by atoms with Crippen LogP contribution < -0.4 is 0 Å². The SMILES string of the molecule is CCc1c(C(=O)O)cnn1-c1cccc(-c2sc(C)cc2C(C)Cc2ccc(C3CCN(C(=O)C4CC4)CC3)cc2)n1. The van der Waals surface area contributed by atoms with Crippen molar-refractivity contribution in [2.24, 2.45) is 5.92 Å². The summed E-state index contributed by atoms with van der Waals surface area (Å²) >= 11 is 1.75. The standard InChI is InChI=1S/C34H38N4O3S/c1-4-30-28(34(40)41)20-35-38(30)31-7-5-6-29(36-31)32-27(19-22(3)42-32)21(2)18-23-8-10-24(11-9-23)25-14-16-37(17-15-25)33(39)26-12-13-26/h5-11,19-21,25-26H,4,12-18H2,1-3H3,(H,40,41). The second-order valence-electron chi connectivity index (χ2n) is 11.8. The fourth-order valence-electron chi connectivity index (χ4n) is 6.27. The molecule has 218 valence electrons. The van der Waals surface area contributed by atoms with Crippen LogP contribution in [0.4, 0.5) is 0 Å². The topological polar surface area (TPSA) is 88.3 Å². The minimum atomic E-state index is -0.974. The summed E-state index contributed by atoms with van der Waals surface area (Å²) in [6, 6.07) is 17.3. The van der Waals surface area contributed by atoms with Gasteiger partial charge in [0.15, 0.2) is 5.82 Å². The number of rotatable bonds is 9. The Kier molecular flexibility index (Phi) is 7.99. The van der Waals surface area contributed by atoms with Gasteiger partial charge in [-0.2, -0.15) is 5.10 Å². The van der Waals surface area contributed by atoms with Crippen molar-refractivity contribution in [2.45, 2.75) is 71.1 Å². The fourth-order valence-corrected chi connectivity index (χ4v) is 7.37. The lowest BCUT2D eigenvalue weighted by atomic mass is 9.87. The van der Waals surface area contributed by atoms with Crippen LogP contribution in [-0.2, 0) is 17.6 Å². The van der Waals surface area contributed by atoms with Crippen molar-refractivity contribution in [3.05, 3.63) is 87.6 Å². The number of aromatic carboxylic acids is 1. The molecule has 1 saturated carbocycles. The van der Waals surface area contributed by atoms with Gasteiger partial charge in [0.1, 0.15) is 5.56 Å². The van der Waals surface area contributed by atoms with Crippen LogP contribution in [0.2, 0.25) is 0 Å². The van der Waals surface area contributed by atoms with E-state index in [0.717, 1.165) is 55.8 Å². The largest absolute Gasteiger partial charge is 0.478 e. The molecule has 7 nitrogen and oxygen atoms in total. The molecule has 1 N–H and O–H groups in total. The molecule has 1 atom stereocenters. The molecule has 2 aliphatic rings. The third-order valence-electron chi connectivity index (χ3n) is 8.76. The third kappa shape index (κ3) is 5.77. The van der Waals surface area contributed by atoms with Crippen molar-refractivity contribution >= 4 is 23.2 Å².